The van der Waals surface area contributed by atoms with Crippen molar-refractivity contribution in [1.82, 2.24) is 4.98 Å². The lowest BCUT2D eigenvalue weighted by Gasteiger charge is -2.09. The highest BCUT2D eigenvalue weighted by atomic mass is 32.1. The molecule has 0 spiro atoms. The molecule has 0 saturated heterocycles. The van der Waals surface area contributed by atoms with Crippen molar-refractivity contribution in [2.75, 3.05) is 11.9 Å². The molecule has 0 fully saturated rings. The predicted octanol–water partition coefficient (Wildman–Crippen LogP) is 3.49. The molecule has 0 radical (unpaired) electrons. The number of hydrogen-bond donors (Lipinski definition) is 1. The van der Waals surface area contributed by atoms with Crippen LogP contribution in [0.1, 0.15) is 10.4 Å². The number of thiazole rings is 1. The Morgan fingerprint density at radius 2 is 2.19 bits per heavy atom. The van der Waals surface area contributed by atoms with Gasteiger partial charge in [-0.05, 0) is 25.1 Å². The number of ether oxygens (including phenoxy) is 1. The molecule has 0 aliphatic rings. The maximum atomic E-state index is 12.5. The average molecular weight is 316 g/mol. The predicted molar refractivity (Wildman–Crippen MR) is 72.4 cm³/mol. The molecule has 0 aliphatic carbocycles. The number of alkyl halides is 3. The van der Waals surface area contributed by atoms with Crippen LogP contribution in [0.2, 0.25) is 0 Å². The lowest BCUT2D eigenvalue weighted by molar-refractivity contribution is -0.137. The van der Waals surface area contributed by atoms with Crippen LogP contribution in [0.3, 0.4) is 0 Å². The van der Waals surface area contributed by atoms with Crippen molar-refractivity contribution in [3.8, 4) is 5.75 Å². The summed E-state index contributed by atoms with van der Waals surface area (Å²) in [6, 6.07) is 4.36. The minimum atomic E-state index is -4.44. The second kappa shape index (κ2) is 6.13. The van der Waals surface area contributed by atoms with Gasteiger partial charge in [0.25, 0.3) is 5.91 Å². The third-order valence-corrected chi connectivity index (χ3v) is 3.23. The molecular formula is C13H11F3N2O2S. The van der Waals surface area contributed by atoms with Crippen LogP contribution in [-0.2, 0) is 11.0 Å². The van der Waals surface area contributed by atoms with E-state index in [2.05, 4.69) is 10.3 Å². The first-order valence-corrected chi connectivity index (χ1v) is 6.68. The van der Waals surface area contributed by atoms with E-state index >= 15 is 0 Å². The fraction of sp³-hybridized carbons (Fsp3) is 0.231. The minimum Gasteiger partial charge on any atom is -0.484 e. The van der Waals surface area contributed by atoms with Gasteiger partial charge in [-0.2, -0.15) is 13.2 Å². The van der Waals surface area contributed by atoms with E-state index in [-0.39, 0.29) is 12.4 Å². The molecule has 1 aromatic heterocycles. The Morgan fingerprint density at radius 3 is 2.81 bits per heavy atom. The summed E-state index contributed by atoms with van der Waals surface area (Å²) in [7, 11) is 0. The fourth-order valence-electron chi connectivity index (χ4n) is 1.48. The van der Waals surface area contributed by atoms with E-state index in [1.54, 1.807) is 6.20 Å². The Hall–Kier alpha value is -2.09. The van der Waals surface area contributed by atoms with Crippen molar-refractivity contribution in [3.63, 3.8) is 0 Å². The van der Waals surface area contributed by atoms with E-state index in [9.17, 15) is 18.0 Å². The quantitative estimate of drug-likeness (QED) is 0.939. The van der Waals surface area contributed by atoms with Gasteiger partial charge in [-0.3, -0.25) is 10.1 Å². The number of amides is 1. The van der Waals surface area contributed by atoms with Crippen LogP contribution in [0.5, 0.6) is 5.75 Å². The molecule has 0 bridgehead atoms. The molecule has 0 aliphatic heterocycles. The number of aryl methyl sites for hydroxylation is 1. The molecule has 8 heteroatoms. The molecule has 2 rings (SSSR count). The highest BCUT2D eigenvalue weighted by Gasteiger charge is 2.30. The van der Waals surface area contributed by atoms with E-state index in [0.717, 1.165) is 17.0 Å². The Morgan fingerprint density at radius 1 is 1.43 bits per heavy atom. The third-order valence-electron chi connectivity index (χ3n) is 2.40. The van der Waals surface area contributed by atoms with Gasteiger partial charge in [0.05, 0.1) is 5.56 Å². The Bertz CT molecular complexity index is 640. The number of nitrogens with zero attached hydrogens (tertiary/aromatic N) is 1. The van der Waals surface area contributed by atoms with Gasteiger partial charge in [-0.15, -0.1) is 11.3 Å². The van der Waals surface area contributed by atoms with Crippen LogP contribution in [0.25, 0.3) is 0 Å². The van der Waals surface area contributed by atoms with Gasteiger partial charge in [0.1, 0.15) is 5.75 Å². The maximum absolute atomic E-state index is 12.5. The van der Waals surface area contributed by atoms with Gasteiger partial charge >= 0.3 is 6.18 Å². The zero-order valence-corrected chi connectivity index (χ0v) is 11.7. The number of carbonyl (C=O) groups excluding carboxylic acids is 1. The third kappa shape index (κ3) is 4.45. The largest absolute Gasteiger partial charge is 0.484 e. The standard InChI is InChI=1S/C13H11F3N2O2S/c1-8-6-17-12(21-8)18-11(19)7-20-10-4-2-3-9(5-10)13(14,15)16/h2-6H,7H2,1H3,(H,17,18,19). The molecule has 0 saturated carbocycles. The number of carbonyl (C=O) groups is 1. The van der Waals surface area contributed by atoms with Crippen LogP contribution < -0.4 is 10.1 Å². The van der Waals surface area contributed by atoms with Crippen LogP contribution in [0, 0.1) is 6.92 Å². The summed E-state index contributed by atoms with van der Waals surface area (Å²) in [6.07, 6.45) is -2.84. The lowest BCUT2D eigenvalue weighted by atomic mass is 10.2. The van der Waals surface area contributed by atoms with E-state index in [0.29, 0.717) is 5.13 Å². The fourth-order valence-corrected chi connectivity index (χ4v) is 2.16. The van der Waals surface area contributed by atoms with Crippen molar-refractivity contribution in [1.29, 1.82) is 0 Å². The van der Waals surface area contributed by atoms with Gasteiger partial charge in [-0.1, -0.05) is 6.07 Å². The molecular weight excluding hydrogens is 305 g/mol. The van der Waals surface area contributed by atoms with E-state index in [4.69, 9.17) is 4.74 Å². The summed E-state index contributed by atoms with van der Waals surface area (Å²) < 4.78 is 42.6. The van der Waals surface area contributed by atoms with E-state index in [1.165, 1.54) is 23.5 Å². The Kier molecular flexibility index (Phi) is 4.46. The van der Waals surface area contributed by atoms with E-state index < -0.39 is 17.6 Å². The molecule has 1 heterocycles. The lowest BCUT2D eigenvalue weighted by Crippen LogP contribution is -2.20. The number of benzene rings is 1. The number of rotatable bonds is 4. The first kappa shape index (κ1) is 15.3. The summed E-state index contributed by atoms with van der Waals surface area (Å²) >= 11 is 1.30. The van der Waals surface area contributed by atoms with Crippen LogP contribution >= 0.6 is 11.3 Å². The topological polar surface area (TPSA) is 51.2 Å². The van der Waals surface area contributed by atoms with Gasteiger partial charge in [0.2, 0.25) is 0 Å². The normalized spacial score (nSPS) is 11.2. The molecule has 1 aromatic carbocycles. The number of aromatic nitrogens is 1. The number of nitrogens with one attached hydrogen (secondary N) is 1. The van der Waals surface area contributed by atoms with Gasteiger partial charge in [0, 0.05) is 11.1 Å². The van der Waals surface area contributed by atoms with Crippen molar-refractivity contribution < 1.29 is 22.7 Å². The highest BCUT2D eigenvalue weighted by Crippen LogP contribution is 2.31. The van der Waals surface area contributed by atoms with Gasteiger partial charge in [0.15, 0.2) is 11.7 Å². The molecule has 112 valence electrons. The summed E-state index contributed by atoms with van der Waals surface area (Å²) in [4.78, 5) is 16.5. The van der Waals surface area contributed by atoms with Crippen molar-refractivity contribution in [2.24, 2.45) is 0 Å². The van der Waals surface area contributed by atoms with Crippen LogP contribution in [0.15, 0.2) is 30.5 Å². The summed E-state index contributed by atoms with van der Waals surface area (Å²) in [6.45, 7) is 1.45. The molecule has 0 atom stereocenters. The summed E-state index contributed by atoms with van der Waals surface area (Å²) in [5, 5.41) is 2.92. The SMILES string of the molecule is Cc1cnc(NC(=O)COc2cccc(C(F)(F)F)c2)s1. The first-order chi connectivity index (χ1) is 9.84. The van der Waals surface area contributed by atoms with Gasteiger partial charge < -0.3 is 4.74 Å². The maximum Gasteiger partial charge on any atom is 0.416 e. The second-order valence-corrected chi connectivity index (χ2v) is 5.37. The highest BCUT2D eigenvalue weighted by molar-refractivity contribution is 7.15. The Labute approximate surface area is 122 Å². The molecule has 4 nitrogen and oxygen atoms in total. The smallest absolute Gasteiger partial charge is 0.416 e. The van der Waals surface area contributed by atoms with E-state index in [1.807, 2.05) is 6.92 Å². The number of anilines is 1. The number of hydrogen-bond acceptors (Lipinski definition) is 4. The molecule has 21 heavy (non-hydrogen) atoms. The van der Waals surface area contributed by atoms with Crippen LogP contribution in [0.4, 0.5) is 18.3 Å². The van der Waals surface area contributed by atoms with Gasteiger partial charge in [-0.25, -0.2) is 4.98 Å². The minimum absolute atomic E-state index is 0.0182. The van der Waals surface area contributed by atoms with Crippen molar-refractivity contribution in [2.45, 2.75) is 13.1 Å². The summed E-state index contributed by atoms with van der Waals surface area (Å²) in [5.74, 6) is -0.503. The molecule has 0 unspecified atom stereocenters. The molecule has 1 N–H and O–H groups in total. The summed E-state index contributed by atoms with van der Waals surface area (Å²) in [5.41, 5.74) is -0.823. The van der Waals surface area contributed by atoms with Crippen LogP contribution in [-0.4, -0.2) is 17.5 Å². The molecule has 1 amide bonds. The Balaban J connectivity index is 1.92. The first-order valence-electron chi connectivity index (χ1n) is 5.87. The zero-order valence-electron chi connectivity index (χ0n) is 10.9. The second-order valence-electron chi connectivity index (χ2n) is 4.14. The molecule has 2 aromatic rings. The monoisotopic (exact) mass is 316 g/mol. The average Bonchev–Trinajstić information content (AvgIpc) is 2.81. The van der Waals surface area contributed by atoms with Crippen molar-refractivity contribution >= 4 is 22.4 Å². The van der Waals surface area contributed by atoms with Crippen molar-refractivity contribution in [3.05, 3.63) is 40.9 Å². The zero-order chi connectivity index (χ0) is 15.5. The number of halogens is 3.